The topological polar surface area (TPSA) is 123 Å². The van der Waals surface area contributed by atoms with Crippen LogP contribution >= 0.6 is 0 Å². The molecule has 0 saturated carbocycles. The number of hydrazone groups is 1. The first-order valence-corrected chi connectivity index (χ1v) is 7.23. The fourth-order valence-electron chi connectivity index (χ4n) is 2.16. The van der Waals surface area contributed by atoms with Crippen LogP contribution < -0.4 is 14.9 Å². The highest BCUT2D eigenvalue weighted by Crippen LogP contribution is 2.30. The van der Waals surface area contributed by atoms with Crippen molar-refractivity contribution in [2.75, 3.05) is 6.61 Å². The summed E-state index contributed by atoms with van der Waals surface area (Å²) >= 11 is 0. The van der Waals surface area contributed by atoms with Gasteiger partial charge < -0.3 is 14.6 Å². The average molecular weight is 343 g/mol. The molecule has 2 aromatic carbocycles. The zero-order valence-corrected chi connectivity index (χ0v) is 12.8. The number of aromatic hydroxyl groups is 1. The van der Waals surface area contributed by atoms with Crippen LogP contribution in [0, 0.1) is 10.1 Å². The molecule has 1 heterocycles. The number of rotatable bonds is 4. The van der Waals surface area contributed by atoms with Gasteiger partial charge in [-0.1, -0.05) is 12.1 Å². The minimum absolute atomic E-state index is 0.0447. The lowest BCUT2D eigenvalue weighted by atomic mass is 10.2. The van der Waals surface area contributed by atoms with Gasteiger partial charge in [0.2, 0.25) is 6.10 Å². The normalized spacial score (nSPS) is 15.8. The summed E-state index contributed by atoms with van der Waals surface area (Å²) < 4.78 is 11.0. The number of nitro benzene ring substituents is 1. The summed E-state index contributed by atoms with van der Waals surface area (Å²) in [4.78, 5) is 22.1. The Morgan fingerprint density at radius 1 is 1.32 bits per heavy atom. The second kappa shape index (κ2) is 6.87. The SMILES string of the molecule is O=C(N/N=C/c1ccc(O)c([N+](=O)[O-])c1)C1COc2ccccc2O1. The Morgan fingerprint density at radius 2 is 2.08 bits per heavy atom. The third-order valence-corrected chi connectivity index (χ3v) is 3.39. The molecule has 0 radical (unpaired) electrons. The number of nitrogens with zero attached hydrogens (tertiary/aromatic N) is 2. The first-order chi connectivity index (χ1) is 12.0. The van der Waals surface area contributed by atoms with Crippen LogP contribution in [0.2, 0.25) is 0 Å². The largest absolute Gasteiger partial charge is 0.502 e. The highest BCUT2D eigenvalue weighted by molar-refractivity contribution is 5.85. The van der Waals surface area contributed by atoms with Gasteiger partial charge in [0.15, 0.2) is 17.2 Å². The van der Waals surface area contributed by atoms with Gasteiger partial charge >= 0.3 is 5.69 Å². The number of ether oxygens (including phenoxy) is 2. The van der Waals surface area contributed by atoms with E-state index in [0.717, 1.165) is 6.07 Å². The Morgan fingerprint density at radius 3 is 2.84 bits per heavy atom. The third kappa shape index (κ3) is 3.66. The Labute approximate surface area is 141 Å². The number of carbonyl (C=O) groups is 1. The lowest BCUT2D eigenvalue weighted by Crippen LogP contribution is -2.42. The van der Waals surface area contributed by atoms with Gasteiger partial charge in [-0.2, -0.15) is 5.10 Å². The number of phenolic OH excluding ortho intramolecular Hbond substituents is 1. The molecule has 0 aromatic heterocycles. The Kier molecular flexibility index (Phi) is 4.46. The predicted molar refractivity (Wildman–Crippen MR) is 86.9 cm³/mol. The highest BCUT2D eigenvalue weighted by atomic mass is 16.6. The monoisotopic (exact) mass is 343 g/mol. The maximum absolute atomic E-state index is 12.0. The van der Waals surface area contributed by atoms with Gasteiger partial charge in [-0.25, -0.2) is 5.43 Å². The number of fused-ring (bicyclic) bond motifs is 1. The number of hydrogen-bond donors (Lipinski definition) is 2. The number of amides is 1. The smallest absolute Gasteiger partial charge is 0.311 e. The van der Waals surface area contributed by atoms with Crippen molar-refractivity contribution in [3.8, 4) is 17.2 Å². The van der Waals surface area contributed by atoms with E-state index in [-0.39, 0.29) is 6.61 Å². The van der Waals surface area contributed by atoms with Crippen molar-refractivity contribution in [3.05, 3.63) is 58.1 Å². The fourth-order valence-corrected chi connectivity index (χ4v) is 2.16. The van der Waals surface area contributed by atoms with Crippen LogP contribution in [0.1, 0.15) is 5.56 Å². The standard InChI is InChI=1S/C16H13N3O6/c20-12-6-5-10(7-11(12)19(22)23)8-17-18-16(21)15-9-24-13-3-1-2-4-14(13)25-15/h1-8,15,20H,9H2,(H,18,21)/b17-8+. The molecule has 1 aliphatic heterocycles. The van der Waals surface area contributed by atoms with Crippen molar-refractivity contribution in [1.82, 2.24) is 5.43 Å². The van der Waals surface area contributed by atoms with Gasteiger partial charge in [-0.15, -0.1) is 0 Å². The van der Waals surface area contributed by atoms with Crippen molar-refractivity contribution in [2.45, 2.75) is 6.10 Å². The van der Waals surface area contributed by atoms with E-state index in [1.54, 1.807) is 24.3 Å². The summed E-state index contributed by atoms with van der Waals surface area (Å²) in [6.07, 6.45) is 0.364. The first-order valence-electron chi connectivity index (χ1n) is 7.23. The molecule has 3 rings (SSSR count). The minimum Gasteiger partial charge on any atom is -0.502 e. The molecule has 9 heteroatoms. The molecule has 1 amide bonds. The molecule has 0 bridgehead atoms. The van der Waals surface area contributed by atoms with Crippen molar-refractivity contribution in [1.29, 1.82) is 0 Å². The molecule has 25 heavy (non-hydrogen) atoms. The van der Waals surface area contributed by atoms with Crippen LogP contribution in [0.5, 0.6) is 17.2 Å². The van der Waals surface area contributed by atoms with E-state index in [9.17, 15) is 20.0 Å². The Balaban J connectivity index is 1.62. The summed E-state index contributed by atoms with van der Waals surface area (Å²) in [5.74, 6) is 0.0649. The van der Waals surface area contributed by atoms with E-state index >= 15 is 0 Å². The summed E-state index contributed by atoms with van der Waals surface area (Å²) in [6.45, 7) is 0.0447. The molecule has 0 aliphatic carbocycles. The summed E-state index contributed by atoms with van der Waals surface area (Å²) in [7, 11) is 0. The van der Waals surface area contributed by atoms with E-state index in [1.807, 2.05) is 0 Å². The summed E-state index contributed by atoms with van der Waals surface area (Å²) in [5.41, 5.74) is 2.18. The predicted octanol–water partition coefficient (Wildman–Crippen LogP) is 1.59. The van der Waals surface area contributed by atoms with E-state index < -0.39 is 28.4 Å². The lowest BCUT2D eigenvalue weighted by molar-refractivity contribution is -0.385. The minimum atomic E-state index is -0.860. The molecule has 0 spiro atoms. The number of hydrogen-bond acceptors (Lipinski definition) is 7. The second-order valence-electron chi connectivity index (χ2n) is 5.10. The number of para-hydroxylation sites is 2. The molecule has 0 fully saturated rings. The van der Waals surface area contributed by atoms with E-state index in [1.165, 1.54) is 18.3 Å². The molecular weight excluding hydrogens is 330 g/mol. The zero-order chi connectivity index (χ0) is 17.8. The highest BCUT2D eigenvalue weighted by Gasteiger charge is 2.27. The molecule has 2 aromatic rings. The van der Waals surface area contributed by atoms with Crippen molar-refractivity contribution >= 4 is 17.8 Å². The van der Waals surface area contributed by atoms with Gasteiger partial charge in [0.1, 0.15) is 6.61 Å². The molecule has 128 valence electrons. The molecule has 9 nitrogen and oxygen atoms in total. The van der Waals surface area contributed by atoms with Crippen LogP contribution in [0.15, 0.2) is 47.6 Å². The molecular formula is C16H13N3O6. The maximum atomic E-state index is 12.0. The van der Waals surface area contributed by atoms with E-state index in [0.29, 0.717) is 17.1 Å². The number of carbonyl (C=O) groups excluding carboxylic acids is 1. The second-order valence-corrected chi connectivity index (χ2v) is 5.10. The van der Waals surface area contributed by atoms with Crippen LogP contribution in [0.3, 0.4) is 0 Å². The van der Waals surface area contributed by atoms with Crippen molar-refractivity contribution in [3.63, 3.8) is 0 Å². The number of nitro groups is 1. The van der Waals surface area contributed by atoms with Gasteiger partial charge in [-0.3, -0.25) is 14.9 Å². The maximum Gasteiger partial charge on any atom is 0.311 e. The van der Waals surface area contributed by atoms with Gasteiger partial charge in [0, 0.05) is 11.6 Å². The van der Waals surface area contributed by atoms with E-state index in [4.69, 9.17) is 9.47 Å². The number of phenols is 1. The summed E-state index contributed by atoms with van der Waals surface area (Å²) in [6, 6.07) is 10.7. The Hall–Kier alpha value is -3.62. The Bertz CT molecular complexity index is 852. The van der Waals surface area contributed by atoms with Gasteiger partial charge in [0.25, 0.3) is 5.91 Å². The lowest BCUT2D eigenvalue weighted by Gasteiger charge is -2.24. The van der Waals surface area contributed by atoms with Crippen molar-refractivity contribution < 1.29 is 24.3 Å². The fraction of sp³-hybridized carbons (Fsp3) is 0.125. The third-order valence-electron chi connectivity index (χ3n) is 3.39. The van der Waals surface area contributed by atoms with Crippen LogP contribution in [0.25, 0.3) is 0 Å². The molecule has 2 N–H and O–H groups in total. The summed E-state index contributed by atoms with van der Waals surface area (Å²) in [5, 5.41) is 23.9. The number of benzene rings is 2. The quantitative estimate of drug-likeness (QED) is 0.494. The molecule has 1 unspecified atom stereocenters. The van der Waals surface area contributed by atoms with Gasteiger partial charge in [0.05, 0.1) is 11.1 Å². The zero-order valence-electron chi connectivity index (χ0n) is 12.8. The van der Waals surface area contributed by atoms with Crippen LogP contribution in [0.4, 0.5) is 5.69 Å². The number of nitrogens with one attached hydrogen (secondary N) is 1. The molecule has 0 saturated heterocycles. The van der Waals surface area contributed by atoms with E-state index in [2.05, 4.69) is 10.5 Å². The first kappa shape index (κ1) is 16.2. The molecule has 1 aliphatic rings. The van der Waals surface area contributed by atoms with Crippen LogP contribution in [-0.4, -0.2) is 34.9 Å². The van der Waals surface area contributed by atoms with Crippen molar-refractivity contribution in [2.24, 2.45) is 5.10 Å². The average Bonchev–Trinajstić information content (AvgIpc) is 2.62. The van der Waals surface area contributed by atoms with Gasteiger partial charge in [-0.05, 0) is 24.3 Å². The van der Waals surface area contributed by atoms with Crippen LogP contribution in [-0.2, 0) is 4.79 Å². The molecule has 1 atom stereocenters.